The van der Waals surface area contributed by atoms with Crippen LogP contribution >= 0.6 is 11.8 Å². The van der Waals surface area contributed by atoms with Gasteiger partial charge in [-0.25, -0.2) is 4.79 Å². The van der Waals surface area contributed by atoms with Gasteiger partial charge in [0.05, 0.1) is 18.6 Å². The lowest BCUT2D eigenvalue weighted by Gasteiger charge is -2.13. The smallest absolute Gasteiger partial charge is 0.349 e. The van der Waals surface area contributed by atoms with Crippen molar-refractivity contribution in [3.63, 3.8) is 0 Å². The normalized spacial score (nSPS) is 12.8. The van der Waals surface area contributed by atoms with Gasteiger partial charge >= 0.3 is 5.69 Å². The molecule has 0 spiro atoms. The number of aryl methyl sites for hydroxylation is 1. The summed E-state index contributed by atoms with van der Waals surface area (Å²) in [5, 5.41) is 3.55. The molecule has 2 aromatic heterocycles. The second-order valence-electron chi connectivity index (χ2n) is 6.85. The van der Waals surface area contributed by atoms with Gasteiger partial charge < -0.3 is 9.73 Å². The fraction of sp³-hybridized carbons (Fsp3) is 0.286. The third-order valence-electron chi connectivity index (χ3n) is 4.77. The van der Waals surface area contributed by atoms with Crippen LogP contribution in [0.2, 0.25) is 0 Å². The Kier molecular flexibility index (Phi) is 5.34. The molecule has 1 aromatic carbocycles. The molecule has 0 unspecified atom stereocenters. The summed E-state index contributed by atoms with van der Waals surface area (Å²) in [4.78, 5) is 29.1. The molecule has 1 aliphatic carbocycles. The lowest BCUT2D eigenvalue weighted by atomic mass is 10.2. The Labute approximate surface area is 167 Å². The van der Waals surface area contributed by atoms with Crippen LogP contribution in [0.25, 0.3) is 0 Å². The van der Waals surface area contributed by atoms with Crippen molar-refractivity contribution in [2.45, 2.75) is 37.8 Å². The molecule has 0 bridgehead atoms. The van der Waals surface area contributed by atoms with E-state index in [-0.39, 0.29) is 17.3 Å². The van der Waals surface area contributed by atoms with Crippen LogP contribution in [0.5, 0.6) is 0 Å². The molecule has 0 saturated carbocycles. The number of nitrogens with zero attached hydrogens (tertiary/aromatic N) is 2. The molecule has 0 atom stereocenters. The predicted octanol–water partition coefficient (Wildman–Crippen LogP) is 3.41. The minimum atomic E-state index is -0.293. The Morgan fingerprint density at radius 2 is 2.07 bits per heavy atom. The van der Waals surface area contributed by atoms with Crippen molar-refractivity contribution < 1.29 is 9.21 Å². The molecule has 0 aliphatic heterocycles. The highest BCUT2D eigenvalue weighted by Gasteiger charge is 2.23. The summed E-state index contributed by atoms with van der Waals surface area (Å²) < 4.78 is 7.07. The summed E-state index contributed by atoms with van der Waals surface area (Å²) >= 11 is 1.33. The number of aromatic nitrogens is 2. The summed E-state index contributed by atoms with van der Waals surface area (Å²) in [6.45, 7) is 2.39. The molecule has 0 fully saturated rings. The van der Waals surface area contributed by atoms with Crippen molar-refractivity contribution >= 4 is 23.4 Å². The van der Waals surface area contributed by atoms with E-state index in [0.29, 0.717) is 11.6 Å². The van der Waals surface area contributed by atoms with Gasteiger partial charge in [-0.3, -0.25) is 9.36 Å². The lowest BCUT2D eigenvalue weighted by molar-refractivity contribution is -0.113. The van der Waals surface area contributed by atoms with Crippen LogP contribution in [0, 0.1) is 6.92 Å². The van der Waals surface area contributed by atoms with Gasteiger partial charge in [-0.2, -0.15) is 4.98 Å². The molecule has 3 aromatic rings. The first kappa shape index (κ1) is 18.6. The van der Waals surface area contributed by atoms with Crippen molar-refractivity contribution in [2.75, 3.05) is 11.1 Å². The molecule has 2 heterocycles. The van der Waals surface area contributed by atoms with E-state index in [9.17, 15) is 9.59 Å². The van der Waals surface area contributed by atoms with Crippen molar-refractivity contribution in [1.29, 1.82) is 0 Å². The maximum absolute atomic E-state index is 12.6. The average molecular weight is 395 g/mol. The van der Waals surface area contributed by atoms with Gasteiger partial charge in [0.25, 0.3) is 0 Å². The number of rotatable bonds is 6. The molecular formula is C21H21N3O3S. The summed E-state index contributed by atoms with van der Waals surface area (Å²) in [6.07, 6.45) is 4.31. The fourth-order valence-electron chi connectivity index (χ4n) is 3.39. The van der Waals surface area contributed by atoms with Gasteiger partial charge in [0, 0.05) is 16.9 Å². The standard InChI is InChI=1S/C21H21N3O3S/c1-14-7-9-15(10-8-14)22-19(25)13-28-20-17-5-2-6-18(17)24(21(26)23-20)12-16-4-3-11-27-16/h3-4,7-11H,2,5-6,12-13H2,1H3,(H,22,25). The SMILES string of the molecule is Cc1ccc(NC(=O)CSc2nc(=O)n(Cc3ccco3)c3c2CCC3)cc1. The molecule has 7 heteroatoms. The Hall–Kier alpha value is -2.80. The zero-order chi connectivity index (χ0) is 19.5. The third kappa shape index (κ3) is 4.04. The zero-order valence-electron chi connectivity index (χ0n) is 15.6. The second-order valence-corrected chi connectivity index (χ2v) is 7.81. The molecule has 0 radical (unpaired) electrons. The molecule has 0 saturated heterocycles. The maximum Gasteiger partial charge on any atom is 0.349 e. The molecule has 144 valence electrons. The van der Waals surface area contributed by atoms with Crippen LogP contribution in [-0.4, -0.2) is 21.2 Å². The highest BCUT2D eigenvalue weighted by Crippen LogP contribution is 2.29. The first-order chi connectivity index (χ1) is 13.6. The van der Waals surface area contributed by atoms with Gasteiger partial charge in [0.15, 0.2) is 0 Å². The van der Waals surface area contributed by atoms with Crippen LogP contribution in [-0.2, 0) is 24.2 Å². The van der Waals surface area contributed by atoms with E-state index in [1.54, 1.807) is 10.8 Å². The number of hydrogen-bond acceptors (Lipinski definition) is 5. The highest BCUT2D eigenvalue weighted by molar-refractivity contribution is 8.00. The summed E-state index contributed by atoms with van der Waals surface area (Å²) in [5.74, 6) is 0.840. The van der Waals surface area contributed by atoms with Crippen LogP contribution in [0.1, 0.15) is 29.0 Å². The topological polar surface area (TPSA) is 77.1 Å². The quantitative estimate of drug-likeness (QED) is 0.511. The zero-order valence-corrected chi connectivity index (χ0v) is 16.4. The number of nitrogens with one attached hydrogen (secondary N) is 1. The first-order valence-electron chi connectivity index (χ1n) is 9.24. The van der Waals surface area contributed by atoms with Crippen LogP contribution < -0.4 is 11.0 Å². The van der Waals surface area contributed by atoms with Crippen molar-refractivity contribution in [1.82, 2.24) is 9.55 Å². The summed E-state index contributed by atoms with van der Waals surface area (Å²) in [5.41, 5.74) is 3.71. The largest absolute Gasteiger partial charge is 0.467 e. The van der Waals surface area contributed by atoms with Gasteiger partial charge in [0.1, 0.15) is 10.8 Å². The number of anilines is 1. The first-order valence-corrected chi connectivity index (χ1v) is 10.2. The molecular weight excluding hydrogens is 374 g/mol. The van der Waals surface area contributed by atoms with E-state index >= 15 is 0 Å². The minimum absolute atomic E-state index is 0.109. The van der Waals surface area contributed by atoms with E-state index in [4.69, 9.17) is 4.42 Å². The Morgan fingerprint density at radius 3 is 2.82 bits per heavy atom. The monoisotopic (exact) mass is 395 g/mol. The molecule has 28 heavy (non-hydrogen) atoms. The Morgan fingerprint density at radius 1 is 1.25 bits per heavy atom. The number of carbonyl (C=O) groups excluding carboxylic acids is 1. The predicted molar refractivity (Wildman–Crippen MR) is 109 cm³/mol. The molecule has 1 N–H and O–H groups in total. The lowest BCUT2D eigenvalue weighted by Crippen LogP contribution is -2.28. The van der Waals surface area contributed by atoms with E-state index in [2.05, 4.69) is 10.3 Å². The van der Waals surface area contributed by atoms with Crippen molar-refractivity contribution in [2.24, 2.45) is 0 Å². The number of hydrogen-bond donors (Lipinski definition) is 1. The van der Waals surface area contributed by atoms with E-state index < -0.39 is 0 Å². The van der Waals surface area contributed by atoms with Crippen molar-refractivity contribution in [3.8, 4) is 0 Å². The number of amides is 1. The second kappa shape index (κ2) is 8.06. The number of fused-ring (bicyclic) bond motifs is 1. The average Bonchev–Trinajstić information content (AvgIpc) is 3.36. The van der Waals surface area contributed by atoms with Crippen LogP contribution in [0.3, 0.4) is 0 Å². The van der Waals surface area contributed by atoms with E-state index in [1.807, 2.05) is 43.3 Å². The summed E-state index contributed by atoms with van der Waals surface area (Å²) in [7, 11) is 0. The molecule has 1 aliphatic rings. The number of furan rings is 1. The molecule has 6 nitrogen and oxygen atoms in total. The Bertz CT molecular complexity index is 1040. The van der Waals surface area contributed by atoms with Crippen LogP contribution in [0.4, 0.5) is 5.69 Å². The Balaban J connectivity index is 1.48. The van der Waals surface area contributed by atoms with Crippen molar-refractivity contribution in [3.05, 3.63) is 75.7 Å². The number of thioether (sulfide) groups is 1. The maximum atomic E-state index is 12.6. The highest BCUT2D eigenvalue weighted by atomic mass is 32.2. The van der Waals surface area contributed by atoms with E-state index in [1.165, 1.54) is 11.8 Å². The summed E-state index contributed by atoms with van der Waals surface area (Å²) in [6, 6.07) is 11.3. The van der Waals surface area contributed by atoms with Gasteiger partial charge in [-0.1, -0.05) is 29.5 Å². The van der Waals surface area contributed by atoms with Crippen LogP contribution in [0.15, 0.2) is 56.9 Å². The third-order valence-corrected chi connectivity index (χ3v) is 5.79. The van der Waals surface area contributed by atoms with Gasteiger partial charge in [0.2, 0.25) is 5.91 Å². The number of benzene rings is 1. The van der Waals surface area contributed by atoms with Gasteiger partial charge in [-0.05, 0) is 50.5 Å². The van der Waals surface area contributed by atoms with Gasteiger partial charge in [-0.15, -0.1) is 0 Å². The molecule has 1 amide bonds. The number of carbonyl (C=O) groups is 1. The molecule has 4 rings (SSSR count). The van der Waals surface area contributed by atoms with E-state index in [0.717, 1.165) is 47.5 Å². The fourth-order valence-corrected chi connectivity index (χ4v) is 4.27. The minimum Gasteiger partial charge on any atom is -0.467 e.